The van der Waals surface area contributed by atoms with Crippen molar-refractivity contribution in [3.05, 3.63) is 51.5 Å². The maximum atomic E-state index is 9.80. The summed E-state index contributed by atoms with van der Waals surface area (Å²) in [4.78, 5) is 0. The first-order chi connectivity index (χ1) is 9.02. The third-order valence-corrected chi connectivity index (χ3v) is 3.72. The molecule has 0 aromatic heterocycles. The number of benzene rings is 2. The third-order valence-electron chi connectivity index (χ3n) is 2.89. The van der Waals surface area contributed by atoms with Crippen LogP contribution in [0.3, 0.4) is 0 Å². The smallest absolute Gasteiger partial charge is 0.187 e. The summed E-state index contributed by atoms with van der Waals surface area (Å²) < 4.78 is 5.63. The topological polar surface area (TPSA) is 29.5 Å². The molecule has 100 valence electrons. The summed E-state index contributed by atoms with van der Waals surface area (Å²) in [6.07, 6.45) is 0.857. The summed E-state index contributed by atoms with van der Waals surface area (Å²) >= 11 is 12.3. The number of hydrogen-bond acceptors (Lipinski definition) is 2. The van der Waals surface area contributed by atoms with E-state index >= 15 is 0 Å². The lowest BCUT2D eigenvalue weighted by molar-refractivity contribution is 0.411. The van der Waals surface area contributed by atoms with E-state index in [0.717, 1.165) is 17.5 Å². The van der Waals surface area contributed by atoms with Crippen LogP contribution in [0.2, 0.25) is 10.0 Å². The predicted octanol–water partition coefficient (Wildman–Crippen LogP) is 5.36. The number of aromatic hydroxyl groups is 1. The van der Waals surface area contributed by atoms with Gasteiger partial charge in [0, 0.05) is 5.02 Å². The average Bonchev–Trinajstić information content (AvgIpc) is 2.39. The molecule has 2 aromatic rings. The Balaban J connectivity index is 2.36. The second-order valence-corrected chi connectivity index (χ2v) is 5.04. The van der Waals surface area contributed by atoms with Crippen molar-refractivity contribution in [2.45, 2.75) is 20.3 Å². The first-order valence-corrected chi connectivity index (χ1v) is 6.73. The van der Waals surface area contributed by atoms with Crippen molar-refractivity contribution >= 4 is 23.2 Å². The summed E-state index contributed by atoms with van der Waals surface area (Å²) in [6, 6.07) is 8.72. The van der Waals surface area contributed by atoms with Gasteiger partial charge < -0.3 is 9.84 Å². The normalized spacial score (nSPS) is 10.5. The van der Waals surface area contributed by atoms with Crippen molar-refractivity contribution in [1.29, 1.82) is 0 Å². The first kappa shape index (κ1) is 14.0. The minimum Gasteiger partial charge on any atom is -0.504 e. The SMILES string of the molecule is CCc1ccc(Oc2c(O)ccc(C)c2Cl)cc1Cl. The van der Waals surface area contributed by atoms with Gasteiger partial charge in [-0.05, 0) is 42.7 Å². The fraction of sp³-hybridized carbons (Fsp3) is 0.200. The molecular formula is C15H14Cl2O2. The summed E-state index contributed by atoms with van der Waals surface area (Å²) in [5.74, 6) is 0.804. The summed E-state index contributed by atoms with van der Waals surface area (Å²) in [5.41, 5.74) is 1.89. The number of phenolic OH excluding ortho intramolecular Hbond substituents is 1. The lowest BCUT2D eigenvalue weighted by atomic mass is 10.1. The predicted molar refractivity (Wildman–Crippen MR) is 78.8 cm³/mol. The monoisotopic (exact) mass is 296 g/mol. The van der Waals surface area contributed by atoms with E-state index in [0.29, 0.717) is 15.8 Å². The van der Waals surface area contributed by atoms with Gasteiger partial charge in [0.25, 0.3) is 0 Å². The van der Waals surface area contributed by atoms with Gasteiger partial charge in [-0.25, -0.2) is 0 Å². The molecular weight excluding hydrogens is 283 g/mol. The van der Waals surface area contributed by atoms with Crippen LogP contribution in [0, 0.1) is 6.92 Å². The van der Waals surface area contributed by atoms with E-state index in [1.54, 1.807) is 18.2 Å². The molecule has 19 heavy (non-hydrogen) atoms. The van der Waals surface area contributed by atoms with Crippen molar-refractivity contribution in [3.63, 3.8) is 0 Å². The van der Waals surface area contributed by atoms with Gasteiger partial charge in [-0.2, -0.15) is 0 Å². The number of rotatable bonds is 3. The van der Waals surface area contributed by atoms with E-state index in [1.165, 1.54) is 0 Å². The highest BCUT2D eigenvalue weighted by atomic mass is 35.5. The zero-order valence-electron chi connectivity index (χ0n) is 10.7. The van der Waals surface area contributed by atoms with Crippen LogP contribution in [0.15, 0.2) is 30.3 Å². The lowest BCUT2D eigenvalue weighted by Crippen LogP contribution is -1.90. The van der Waals surface area contributed by atoms with Gasteiger partial charge in [0.1, 0.15) is 5.75 Å². The highest BCUT2D eigenvalue weighted by Crippen LogP contribution is 2.40. The lowest BCUT2D eigenvalue weighted by Gasteiger charge is -2.12. The Morgan fingerprint density at radius 3 is 2.53 bits per heavy atom. The molecule has 2 rings (SSSR count). The first-order valence-electron chi connectivity index (χ1n) is 5.97. The van der Waals surface area contributed by atoms with Crippen LogP contribution >= 0.6 is 23.2 Å². The summed E-state index contributed by atoms with van der Waals surface area (Å²) in [7, 11) is 0. The summed E-state index contributed by atoms with van der Waals surface area (Å²) in [6.45, 7) is 3.88. The Morgan fingerprint density at radius 1 is 1.16 bits per heavy atom. The Bertz CT molecular complexity index is 609. The van der Waals surface area contributed by atoms with Gasteiger partial charge in [-0.15, -0.1) is 0 Å². The third kappa shape index (κ3) is 2.96. The number of halogens is 2. The van der Waals surface area contributed by atoms with Crippen LogP contribution in [0.5, 0.6) is 17.2 Å². The van der Waals surface area contributed by atoms with Gasteiger partial charge in [-0.1, -0.05) is 42.3 Å². The molecule has 0 unspecified atom stereocenters. The Morgan fingerprint density at radius 2 is 1.89 bits per heavy atom. The van der Waals surface area contributed by atoms with E-state index in [-0.39, 0.29) is 11.5 Å². The quantitative estimate of drug-likeness (QED) is 0.826. The zero-order chi connectivity index (χ0) is 14.0. The van der Waals surface area contributed by atoms with Crippen LogP contribution < -0.4 is 4.74 Å². The number of ether oxygens (including phenoxy) is 1. The molecule has 0 bridgehead atoms. The second-order valence-electron chi connectivity index (χ2n) is 4.25. The van der Waals surface area contributed by atoms with Crippen LogP contribution in [0.4, 0.5) is 0 Å². The highest BCUT2D eigenvalue weighted by molar-refractivity contribution is 6.33. The van der Waals surface area contributed by atoms with Crippen LogP contribution in [0.1, 0.15) is 18.1 Å². The summed E-state index contributed by atoms with van der Waals surface area (Å²) in [5, 5.41) is 10.8. The molecule has 0 heterocycles. The molecule has 0 aliphatic rings. The van der Waals surface area contributed by atoms with Crippen molar-refractivity contribution in [1.82, 2.24) is 0 Å². The van der Waals surface area contributed by atoms with Crippen LogP contribution in [-0.4, -0.2) is 5.11 Å². The Labute approximate surface area is 122 Å². The van der Waals surface area contributed by atoms with Crippen molar-refractivity contribution < 1.29 is 9.84 Å². The molecule has 0 fully saturated rings. The second kappa shape index (κ2) is 5.72. The number of aryl methyl sites for hydroxylation is 2. The molecule has 1 N–H and O–H groups in total. The standard InChI is InChI=1S/C15H14Cl2O2/c1-3-10-5-6-11(8-12(10)16)19-15-13(18)7-4-9(2)14(15)17/h4-8,18H,3H2,1-2H3. The van der Waals surface area contributed by atoms with Gasteiger partial charge in [-0.3, -0.25) is 0 Å². The van der Waals surface area contributed by atoms with Crippen LogP contribution in [-0.2, 0) is 6.42 Å². The molecule has 0 spiro atoms. The molecule has 0 aliphatic carbocycles. The van der Waals surface area contributed by atoms with E-state index in [9.17, 15) is 5.11 Å². The Hall–Kier alpha value is -1.38. The maximum Gasteiger partial charge on any atom is 0.187 e. The molecule has 0 saturated heterocycles. The van der Waals surface area contributed by atoms with E-state index in [1.807, 2.05) is 26.0 Å². The van der Waals surface area contributed by atoms with Crippen molar-refractivity contribution in [2.24, 2.45) is 0 Å². The van der Waals surface area contributed by atoms with Gasteiger partial charge >= 0.3 is 0 Å². The molecule has 2 nitrogen and oxygen atoms in total. The molecule has 0 saturated carbocycles. The largest absolute Gasteiger partial charge is 0.504 e. The minimum absolute atomic E-state index is 0.00582. The van der Waals surface area contributed by atoms with E-state index in [2.05, 4.69) is 0 Å². The minimum atomic E-state index is 0.00582. The Kier molecular flexibility index (Phi) is 4.23. The molecule has 0 radical (unpaired) electrons. The van der Waals surface area contributed by atoms with Gasteiger partial charge in [0.15, 0.2) is 11.5 Å². The fourth-order valence-electron chi connectivity index (χ4n) is 1.74. The number of hydrogen-bond donors (Lipinski definition) is 1. The van der Waals surface area contributed by atoms with Gasteiger partial charge in [0.05, 0.1) is 5.02 Å². The molecule has 2 aromatic carbocycles. The van der Waals surface area contributed by atoms with Crippen LogP contribution in [0.25, 0.3) is 0 Å². The van der Waals surface area contributed by atoms with Crippen molar-refractivity contribution in [3.8, 4) is 17.2 Å². The molecule has 0 atom stereocenters. The highest BCUT2D eigenvalue weighted by Gasteiger charge is 2.12. The molecule has 4 heteroatoms. The molecule has 0 aliphatic heterocycles. The zero-order valence-corrected chi connectivity index (χ0v) is 12.2. The van der Waals surface area contributed by atoms with E-state index < -0.39 is 0 Å². The average molecular weight is 297 g/mol. The number of phenols is 1. The van der Waals surface area contributed by atoms with Crippen molar-refractivity contribution in [2.75, 3.05) is 0 Å². The van der Waals surface area contributed by atoms with E-state index in [4.69, 9.17) is 27.9 Å². The maximum absolute atomic E-state index is 9.80. The van der Waals surface area contributed by atoms with Gasteiger partial charge in [0.2, 0.25) is 0 Å². The molecule has 0 amide bonds. The fourth-order valence-corrected chi connectivity index (χ4v) is 2.24.